The van der Waals surface area contributed by atoms with E-state index in [-0.39, 0.29) is 36.5 Å². The normalized spacial score (nSPS) is 51.0. The molecule has 11 N–H and O–H groups in total. The average molecular weight is 923 g/mol. The van der Waals surface area contributed by atoms with E-state index in [1.54, 1.807) is 6.92 Å². The summed E-state index contributed by atoms with van der Waals surface area (Å²) in [6, 6.07) is 5.30. The third-order valence-electron chi connectivity index (χ3n) is 13.4. The quantitative estimate of drug-likeness (QED) is 0.0975. The van der Waals surface area contributed by atoms with Crippen molar-refractivity contribution in [3.8, 4) is 5.75 Å². The summed E-state index contributed by atoms with van der Waals surface area (Å²) in [5, 5.41) is 117. The van der Waals surface area contributed by atoms with Crippen LogP contribution in [-0.2, 0) is 58.2 Å². The molecule has 0 amide bonds. The van der Waals surface area contributed by atoms with Crippen molar-refractivity contribution in [2.24, 2.45) is 11.8 Å². The number of aromatic hydroxyl groups is 1. The number of ether oxygens (including phenoxy) is 9. The molecule has 7 fully saturated rings. The van der Waals surface area contributed by atoms with Crippen molar-refractivity contribution in [1.82, 2.24) is 0 Å². The summed E-state index contributed by atoms with van der Waals surface area (Å²) >= 11 is 0. The van der Waals surface area contributed by atoms with Crippen molar-refractivity contribution >= 4 is 22.6 Å². The number of ketones is 1. The Labute approximate surface area is 361 Å². The molecule has 7 aliphatic rings. The molecule has 1 saturated carbocycles. The number of phenolic OH excluding ortho intramolecular Hbond substituents is 1. The van der Waals surface area contributed by atoms with Crippen molar-refractivity contribution in [3.63, 3.8) is 0 Å². The van der Waals surface area contributed by atoms with Crippen molar-refractivity contribution in [2.75, 3.05) is 32.2 Å². The molecular weight excluding hydrogens is 868 g/mol. The number of Topliss-reactive ketones (excluding diaryl/α,β-unsaturated/α-hetero) is 1. The number of carbonyl (C=O) groups is 2. The number of rotatable bonds is 10. The molecule has 6 aliphatic heterocycles. The standard InChI is InChI=1S/C39H54O23S/c1-14-10-55-38(8-19(14)57-32(49)16-3-5-17(42)6-4-16)36(50)39(52)22(43)7-18-21(11-63(53)29(18)31(39)62-38)59-34-28(25(46)23(44)15(2)56-34)61-33-26(47)27(24(45)20(9-40)58-33)60-35-30(48)37(51,12-41)13-54-35/h3-6,14-15,18-31,33-35,40-48,51-52H,7-13H2,1-2H3/t14-,15-,18-,19+,20-,21+,22+,23-,24-,25+,26-,27+,28-,29+,30+,31-,33+,34+,35+,37-,38+,39-,63-/m1/s1. The van der Waals surface area contributed by atoms with Gasteiger partial charge in [0.05, 0.1) is 61.3 Å². The van der Waals surface area contributed by atoms with Crippen LogP contribution in [-0.4, -0.2) is 225 Å². The second kappa shape index (κ2) is 17.7. The largest absolute Gasteiger partial charge is 0.508 e. The highest BCUT2D eigenvalue weighted by molar-refractivity contribution is 7.86. The smallest absolute Gasteiger partial charge is 0.338 e. The molecule has 23 nitrogen and oxygen atoms in total. The highest BCUT2D eigenvalue weighted by atomic mass is 32.2. The molecule has 1 spiro atoms. The van der Waals surface area contributed by atoms with Gasteiger partial charge in [0.25, 0.3) is 0 Å². The van der Waals surface area contributed by atoms with E-state index in [4.69, 9.17) is 42.6 Å². The third kappa shape index (κ3) is 8.06. The first-order chi connectivity index (χ1) is 29.8. The molecule has 1 aromatic carbocycles. The number of carbonyl (C=O) groups excluding carboxylic acids is 2. The van der Waals surface area contributed by atoms with Gasteiger partial charge in [-0.25, -0.2) is 4.79 Å². The number of aliphatic hydroxyl groups is 10. The number of aliphatic hydroxyl groups excluding tert-OH is 8. The van der Waals surface area contributed by atoms with Crippen LogP contribution in [0.2, 0.25) is 0 Å². The van der Waals surface area contributed by atoms with E-state index in [1.807, 2.05) is 0 Å². The van der Waals surface area contributed by atoms with Gasteiger partial charge in [-0.3, -0.25) is 9.00 Å². The predicted octanol–water partition coefficient (Wildman–Crippen LogP) is -5.62. The number of hydrogen-bond acceptors (Lipinski definition) is 23. The molecule has 8 rings (SSSR count). The van der Waals surface area contributed by atoms with Gasteiger partial charge in [-0.1, -0.05) is 6.92 Å². The van der Waals surface area contributed by atoms with E-state index in [0.29, 0.717) is 0 Å². The van der Waals surface area contributed by atoms with Gasteiger partial charge in [-0.2, -0.15) is 0 Å². The fourth-order valence-corrected chi connectivity index (χ4v) is 11.6. The van der Waals surface area contributed by atoms with Gasteiger partial charge in [0.15, 0.2) is 24.5 Å². The van der Waals surface area contributed by atoms with Crippen LogP contribution in [0.1, 0.15) is 37.0 Å². The molecule has 1 aliphatic carbocycles. The van der Waals surface area contributed by atoms with Crippen LogP contribution in [0.4, 0.5) is 0 Å². The van der Waals surface area contributed by atoms with Crippen LogP contribution in [0.5, 0.6) is 5.75 Å². The minimum Gasteiger partial charge on any atom is -0.508 e. The second-order valence-electron chi connectivity index (χ2n) is 17.5. The molecule has 23 atom stereocenters. The van der Waals surface area contributed by atoms with Crippen LogP contribution < -0.4 is 0 Å². The number of benzene rings is 1. The number of phenols is 1. The van der Waals surface area contributed by atoms with Crippen LogP contribution in [0, 0.1) is 11.8 Å². The van der Waals surface area contributed by atoms with Gasteiger partial charge in [0, 0.05) is 29.1 Å². The maximum Gasteiger partial charge on any atom is 0.338 e. The zero-order valence-corrected chi connectivity index (χ0v) is 34.8. The molecule has 0 unspecified atom stereocenters. The predicted molar refractivity (Wildman–Crippen MR) is 202 cm³/mol. The van der Waals surface area contributed by atoms with Gasteiger partial charge < -0.3 is 98.8 Å². The Hall–Kier alpha value is -2.41. The van der Waals surface area contributed by atoms with E-state index in [1.165, 1.54) is 31.2 Å². The van der Waals surface area contributed by atoms with E-state index in [9.17, 15) is 70.0 Å². The van der Waals surface area contributed by atoms with E-state index in [0.717, 1.165) is 0 Å². The Morgan fingerprint density at radius 1 is 0.873 bits per heavy atom. The Bertz CT molecular complexity index is 1860. The minimum absolute atomic E-state index is 0.0723. The summed E-state index contributed by atoms with van der Waals surface area (Å²) < 4.78 is 66.7. The van der Waals surface area contributed by atoms with Crippen LogP contribution in [0.3, 0.4) is 0 Å². The van der Waals surface area contributed by atoms with Gasteiger partial charge >= 0.3 is 5.97 Å². The first kappa shape index (κ1) is 47.1. The molecule has 1 aromatic rings. The zero-order chi connectivity index (χ0) is 45.5. The first-order valence-electron chi connectivity index (χ1n) is 20.6. The third-order valence-corrected chi connectivity index (χ3v) is 15.3. The maximum atomic E-state index is 14.2. The molecule has 6 saturated heterocycles. The van der Waals surface area contributed by atoms with Crippen molar-refractivity contribution in [2.45, 2.75) is 147 Å². The van der Waals surface area contributed by atoms with Crippen molar-refractivity contribution in [3.05, 3.63) is 29.8 Å². The molecule has 0 bridgehead atoms. The summed E-state index contributed by atoms with van der Waals surface area (Å²) in [4.78, 5) is 27.3. The van der Waals surface area contributed by atoms with E-state index < -0.39 is 175 Å². The second-order valence-corrected chi connectivity index (χ2v) is 19.2. The number of hydrogen-bond donors (Lipinski definition) is 11. The molecule has 0 aromatic heterocycles. The van der Waals surface area contributed by atoms with Gasteiger partial charge in [0.2, 0.25) is 11.6 Å². The zero-order valence-electron chi connectivity index (χ0n) is 34.0. The van der Waals surface area contributed by atoms with Crippen LogP contribution in [0.15, 0.2) is 24.3 Å². The van der Waals surface area contributed by atoms with Crippen LogP contribution in [0.25, 0.3) is 0 Å². The Kier molecular flexibility index (Phi) is 13.2. The number of esters is 1. The lowest BCUT2D eigenvalue weighted by Crippen LogP contribution is -2.66. The molecule has 0 radical (unpaired) electrons. The Morgan fingerprint density at radius 2 is 1.57 bits per heavy atom. The van der Waals surface area contributed by atoms with Gasteiger partial charge in [-0.05, 0) is 37.6 Å². The SMILES string of the molecule is C[C@@H]1CO[C@@]2(C[C@@H]1OC(=O)c1ccc(O)cc1)O[C@@H]1[C@@H]3[C@H](C[C@H](O)[C@]1(O)C2=O)[C@@H](O[C@@H]1O[C@H](C)[C@@H](O)[C@H](O)[C@H]1O[C@@H]1O[C@H](CO)[C@@H](O)[C@H](O[C@@H]2OC[C@](O)(CO)[C@H]2O)[C@H]1O)C[S@]3=O. The molecule has 24 heteroatoms. The average Bonchev–Trinajstić information content (AvgIpc) is 3.80. The summed E-state index contributed by atoms with van der Waals surface area (Å²) in [6.45, 7) is 0.601. The van der Waals surface area contributed by atoms with E-state index >= 15 is 0 Å². The molecule has 6 heterocycles. The number of fused-ring (bicyclic) bond motifs is 3. The molecular formula is C39H54O23S. The first-order valence-corrected chi connectivity index (χ1v) is 22.0. The minimum atomic E-state index is -2.61. The lowest BCUT2D eigenvalue weighted by atomic mass is 9.70. The lowest BCUT2D eigenvalue weighted by Gasteiger charge is -2.47. The van der Waals surface area contributed by atoms with E-state index in [2.05, 4.69) is 0 Å². The van der Waals surface area contributed by atoms with Crippen molar-refractivity contribution in [1.29, 1.82) is 0 Å². The summed E-state index contributed by atoms with van der Waals surface area (Å²) in [7, 11) is -1.93. The van der Waals surface area contributed by atoms with Crippen molar-refractivity contribution < 1.29 is 113 Å². The van der Waals surface area contributed by atoms with Crippen LogP contribution >= 0.6 is 0 Å². The Balaban J connectivity index is 0.994. The van der Waals surface area contributed by atoms with Gasteiger partial charge in [0.1, 0.15) is 72.4 Å². The molecule has 63 heavy (non-hydrogen) atoms. The maximum absolute atomic E-state index is 14.2. The monoisotopic (exact) mass is 922 g/mol. The fourth-order valence-electron chi connectivity index (χ4n) is 9.54. The topological polar surface area (TPSA) is 357 Å². The fraction of sp³-hybridized carbons (Fsp3) is 0.795. The highest BCUT2D eigenvalue weighted by Crippen LogP contribution is 2.53. The lowest BCUT2D eigenvalue weighted by molar-refractivity contribution is -0.377. The summed E-state index contributed by atoms with van der Waals surface area (Å²) in [5.74, 6) is -5.73. The highest BCUT2D eigenvalue weighted by Gasteiger charge is 2.75. The Morgan fingerprint density at radius 3 is 2.24 bits per heavy atom. The summed E-state index contributed by atoms with van der Waals surface area (Å²) in [5.41, 5.74) is -4.63. The molecule has 354 valence electrons. The summed E-state index contributed by atoms with van der Waals surface area (Å²) in [6.07, 6.45) is -26.6. The van der Waals surface area contributed by atoms with Gasteiger partial charge in [-0.15, -0.1) is 0 Å².